The highest BCUT2D eigenvalue weighted by atomic mass is 16.6. The summed E-state index contributed by atoms with van der Waals surface area (Å²) < 4.78 is 5.32. The average Bonchev–Trinajstić information content (AvgIpc) is 2.43. The molecule has 20 heavy (non-hydrogen) atoms. The lowest BCUT2D eigenvalue weighted by atomic mass is 10.1. The Balaban J connectivity index is 2.97. The summed E-state index contributed by atoms with van der Waals surface area (Å²) in [6.45, 7) is 4.73. The van der Waals surface area contributed by atoms with Crippen molar-refractivity contribution in [3.63, 3.8) is 0 Å². The van der Waals surface area contributed by atoms with Crippen LogP contribution in [0.25, 0.3) is 0 Å². The molecule has 1 rings (SSSR count). The molecule has 0 aliphatic carbocycles. The molecule has 112 valence electrons. The van der Waals surface area contributed by atoms with Crippen LogP contribution < -0.4 is 15.8 Å². The number of rotatable bonds is 9. The molecule has 6 heteroatoms. The van der Waals surface area contributed by atoms with E-state index >= 15 is 0 Å². The fourth-order valence-electron chi connectivity index (χ4n) is 2.02. The zero-order valence-corrected chi connectivity index (χ0v) is 12.1. The van der Waals surface area contributed by atoms with Gasteiger partial charge in [-0.05, 0) is 25.5 Å². The topological polar surface area (TPSA) is 90.4 Å². The Morgan fingerprint density at radius 1 is 1.45 bits per heavy atom. The van der Waals surface area contributed by atoms with Gasteiger partial charge < -0.3 is 15.8 Å². The third-order valence-electron chi connectivity index (χ3n) is 3.03. The third kappa shape index (κ3) is 4.38. The van der Waals surface area contributed by atoms with Crippen LogP contribution in [0.3, 0.4) is 0 Å². The second-order valence-electron chi connectivity index (χ2n) is 4.56. The molecule has 0 aromatic heterocycles. The van der Waals surface area contributed by atoms with E-state index in [0.717, 1.165) is 19.3 Å². The molecule has 0 bridgehead atoms. The Morgan fingerprint density at radius 3 is 2.75 bits per heavy atom. The lowest BCUT2D eigenvalue weighted by Crippen LogP contribution is -2.29. The SMILES string of the molecule is CCCCC(CN)Nc1cccc(OCC)c1[N+](=O)[O-]. The summed E-state index contributed by atoms with van der Waals surface area (Å²) >= 11 is 0. The molecule has 0 spiro atoms. The second kappa shape index (κ2) is 8.37. The van der Waals surface area contributed by atoms with E-state index in [-0.39, 0.29) is 17.5 Å². The minimum Gasteiger partial charge on any atom is -0.487 e. The number of nitro groups is 1. The predicted octanol–water partition coefficient (Wildman–Crippen LogP) is 2.92. The van der Waals surface area contributed by atoms with E-state index in [1.807, 2.05) is 0 Å². The van der Waals surface area contributed by atoms with Crippen molar-refractivity contribution in [1.82, 2.24) is 0 Å². The first kappa shape index (κ1) is 16.2. The fourth-order valence-corrected chi connectivity index (χ4v) is 2.02. The van der Waals surface area contributed by atoms with Crippen LogP contribution >= 0.6 is 0 Å². The van der Waals surface area contributed by atoms with Crippen LogP contribution in [0.4, 0.5) is 11.4 Å². The van der Waals surface area contributed by atoms with Gasteiger partial charge in [-0.3, -0.25) is 10.1 Å². The zero-order valence-electron chi connectivity index (χ0n) is 12.1. The number of nitro benzene ring substituents is 1. The van der Waals surface area contributed by atoms with E-state index in [0.29, 0.717) is 18.8 Å². The number of nitrogens with zero attached hydrogens (tertiary/aromatic N) is 1. The minimum atomic E-state index is -0.416. The Bertz CT molecular complexity index is 438. The molecule has 1 aromatic rings. The van der Waals surface area contributed by atoms with Gasteiger partial charge in [0, 0.05) is 12.6 Å². The molecule has 0 aliphatic rings. The van der Waals surface area contributed by atoms with Gasteiger partial charge in [0.1, 0.15) is 5.69 Å². The number of unbranched alkanes of at least 4 members (excludes halogenated alkanes) is 1. The molecule has 1 aromatic carbocycles. The number of para-hydroxylation sites is 1. The van der Waals surface area contributed by atoms with Crippen LogP contribution in [0, 0.1) is 10.1 Å². The van der Waals surface area contributed by atoms with Crippen molar-refractivity contribution < 1.29 is 9.66 Å². The molecule has 3 N–H and O–H groups in total. The summed E-state index contributed by atoms with van der Waals surface area (Å²) in [5.74, 6) is 0.286. The normalized spacial score (nSPS) is 11.9. The first-order valence-corrected chi connectivity index (χ1v) is 7.00. The maximum atomic E-state index is 11.3. The van der Waals surface area contributed by atoms with Gasteiger partial charge >= 0.3 is 5.69 Å². The minimum absolute atomic E-state index is 0.0238. The lowest BCUT2D eigenvalue weighted by molar-refractivity contribution is -0.385. The smallest absolute Gasteiger partial charge is 0.333 e. The summed E-state index contributed by atoms with van der Waals surface area (Å²) in [6, 6.07) is 5.07. The third-order valence-corrected chi connectivity index (χ3v) is 3.03. The van der Waals surface area contributed by atoms with E-state index < -0.39 is 4.92 Å². The highest BCUT2D eigenvalue weighted by Gasteiger charge is 2.22. The number of nitrogens with one attached hydrogen (secondary N) is 1. The van der Waals surface area contributed by atoms with Crippen molar-refractivity contribution in [2.45, 2.75) is 39.2 Å². The average molecular weight is 281 g/mol. The summed E-state index contributed by atoms with van der Waals surface area (Å²) in [5, 5.41) is 14.4. The second-order valence-corrected chi connectivity index (χ2v) is 4.56. The largest absolute Gasteiger partial charge is 0.487 e. The summed E-state index contributed by atoms with van der Waals surface area (Å²) in [5.41, 5.74) is 6.16. The molecular formula is C14H23N3O3. The van der Waals surface area contributed by atoms with E-state index in [2.05, 4.69) is 12.2 Å². The lowest BCUT2D eigenvalue weighted by Gasteiger charge is -2.18. The van der Waals surface area contributed by atoms with Gasteiger partial charge in [-0.25, -0.2) is 0 Å². The molecule has 6 nitrogen and oxygen atoms in total. The number of ether oxygens (including phenoxy) is 1. The molecule has 0 amide bonds. The van der Waals surface area contributed by atoms with Gasteiger partial charge in [0.2, 0.25) is 0 Å². The van der Waals surface area contributed by atoms with Crippen molar-refractivity contribution in [2.75, 3.05) is 18.5 Å². The molecule has 0 fully saturated rings. The predicted molar refractivity (Wildman–Crippen MR) is 80.3 cm³/mol. The number of anilines is 1. The first-order chi connectivity index (χ1) is 9.63. The van der Waals surface area contributed by atoms with Gasteiger partial charge in [-0.1, -0.05) is 25.8 Å². The number of hydrogen-bond donors (Lipinski definition) is 2. The Hall–Kier alpha value is -1.82. The molecule has 0 radical (unpaired) electrons. The molecule has 0 heterocycles. The fraction of sp³-hybridized carbons (Fsp3) is 0.571. The van der Waals surface area contributed by atoms with Crippen LogP contribution in [-0.4, -0.2) is 24.1 Å². The molecule has 0 saturated carbocycles. The van der Waals surface area contributed by atoms with E-state index in [1.54, 1.807) is 25.1 Å². The molecular weight excluding hydrogens is 258 g/mol. The van der Waals surface area contributed by atoms with Gasteiger partial charge in [0.15, 0.2) is 5.75 Å². The van der Waals surface area contributed by atoms with Gasteiger partial charge in [0.05, 0.1) is 11.5 Å². The number of nitrogens with two attached hydrogens (primary N) is 1. The zero-order chi connectivity index (χ0) is 15.0. The quantitative estimate of drug-likeness (QED) is 0.536. The maximum absolute atomic E-state index is 11.3. The van der Waals surface area contributed by atoms with Crippen molar-refractivity contribution >= 4 is 11.4 Å². The maximum Gasteiger partial charge on any atom is 0.333 e. The highest BCUT2D eigenvalue weighted by Crippen LogP contribution is 2.35. The number of hydrogen-bond acceptors (Lipinski definition) is 5. The van der Waals surface area contributed by atoms with Crippen LogP contribution in [0.15, 0.2) is 18.2 Å². The van der Waals surface area contributed by atoms with E-state index in [1.165, 1.54) is 0 Å². The molecule has 1 unspecified atom stereocenters. The van der Waals surface area contributed by atoms with Gasteiger partial charge in [-0.15, -0.1) is 0 Å². The van der Waals surface area contributed by atoms with Crippen LogP contribution in [-0.2, 0) is 0 Å². The van der Waals surface area contributed by atoms with E-state index in [9.17, 15) is 10.1 Å². The van der Waals surface area contributed by atoms with Crippen LogP contribution in [0.1, 0.15) is 33.1 Å². The molecule has 0 saturated heterocycles. The van der Waals surface area contributed by atoms with Crippen LogP contribution in [0.5, 0.6) is 5.75 Å². The summed E-state index contributed by atoms with van der Waals surface area (Å²) in [6.07, 6.45) is 3.00. The van der Waals surface area contributed by atoms with E-state index in [4.69, 9.17) is 10.5 Å². The standard InChI is InChI=1S/C14H23N3O3/c1-3-5-7-11(10-15)16-12-8-6-9-13(20-4-2)14(12)17(18)19/h6,8-9,11,16H,3-5,7,10,15H2,1-2H3. The van der Waals surface area contributed by atoms with Crippen molar-refractivity contribution in [3.05, 3.63) is 28.3 Å². The van der Waals surface area contributed by atoms with Gasteiger partial charge in [0.25, 0.3) is 0 Å². The van der Waals surface area contributed by atoms with Crippen molar-refractivity contribution in [2.24, 2.45) is 5.73 Å². The Morgan fingerprint density at radius 2 is 2.20 bits per heavy atom. The summed E-state index contributed by atoms with van der Waals surface area (Å²) in [4.78, 5) is 10.8. The van der Waals surface area contributed by atoms with Crippen molar-refractivity contribution in [3.8, 4) is 5.75 Å². The van der Waals surface area contributed by atoms with Gasteiger partial charge in [-0.2, -0.15) is 0 Å². The Kier molecular flexibility index (Phi) is 6.79. The first-order valence-electron chi connectivity index (χ1n) is 7.00. The Labute approximate surface area is 119 Å². The monoisotopic (exact) mass is 281 g/mol. The number of benzene rings is 1. The highest BCUT2D eigenvalue weighted by molar-refractivity contribution is 5.68. The summed E-state index contributed by atoms with van der Waals surface area (Å²) in [7, 11) is 0. The van der Waals surface area contributed by atoms with Crippen LogP contribution in [0.2, 0.25) is 0 Å². The van der Waals surface area contributed by atoms with Crippen molar-refractivity contribution in [1.29, 1.82) is 0 Å². The molecule has 1 atom stereocenters. The molecule has 0 aliphatic heterocycles.